The van der Waals surface area contributed by atoms with Crippen molar-refractivity contribution < 1.29 is 0 Å². The number of aryl methyl sites for hydroxylation is 1. The van der Waals surface area contributed by atoms with Crippen molar-refractivity contribution in [1.29, 1.82) is 0 Å². The molecule has 3 N–H and O–H groups in total. The predicted molar refractivity (Wildman–Crippen MR) is 85.2 cm³/mol. The van der Waals surface area contributed by atoms with E-state index in [9.17, 15) is 0 Å². The first-order valence-electron chi connectivity index (χ1n) is 5.62. The minimum atomic E-state index is 0.151. The summed E-state index contributed by atoms with van der Waals surface area (Å²) >= 11 is 8.15. The van der Waals surface area contributed by atoms with E-state index in [0.29, 0.717) is 17.5 Å². The molecular weight excluding hydrogens is 377 g/mol. The minimum absolute atomic E-state index is 0.151. The van der Waals surface area contributed by atoms with E-state index in [1.54, 1.807) is 6.07 Å². The van der Waals surface area contributed by atoms with Crippen LogP contribution in [-0.4, -0.2) is 15.0 Å². The number of nitrogens with zero attached hydrogens (tertiary/aromatic N) is 3. The number of nitrogen functional groups attached to an aromatic ring is 1. The normalized spacial score (nSPS) is 10.5. The van der Waals surface area contributed by atoms with Crippen molar-refractivity contribution in [3.8, 4) is 0 Å². The first kappa shape index (κ1) is 14.3. The molecule has 0 aliphatic rings. The van der Waals surface area contributed by atoms with Crippen molar-refractivity contribution in [3.05, 3.63) is 37.8 Å². The standard InChI is InChI=1S/C12H13ClIN5/c1-6-4-16-8(7(2)11(6)14)5-17-10-3-9(13)18-12(15)19-10/h3-4H,5H2,1-2H3,(H3,15,17,18,19). The summed E-state index contributed by atoms with van der Waals surface area (Å²) in [6.45, 7) is 4.67. The average molecular weight is 390 g/mol. The van der Waals surface area contributed by atoms with Crippen molar-refractivity contribution in [2.45, 2.75) is 20.4 Å². The molecule has 2 rings (SSSR count). The van der Waals surface area contributed by atoms with E-state index in [2.05, 4.69) is 49.8 Å². The number of pyridine rings is 1. The van der Waals surface area contributed by atoms with E-state index in [1.807, 2.05) is 13.1 Å². The van der Waals surface area contributed by atoms with Gasteiger partial charge in [0.1, 0.15) is 11.0 Å². The lowest BCUT2D eigenvalue weighted by molar-refractivity contribution is 0.986. The van der Waals surface area contributed by atoms with E-state index >= 15 is 0 Å². The molecule has 0 aromatic carbocycles. The van der Waals surface area contributed by atoms with E-state index in [1.165, 1.54) is 14.7 Å². The molecule has 0 amide bonds. The molecule has 0 aliphatic heterocycles. The third kappa shape index (κ3) is 3.44. The molecule has 0 bridgehead atoms. The van der Waals surface area contributed by atoms with Gasteiger partial charge in [0.05, 0.1) is 12.2 Å². The molecule has 0 spiro atoms. The monoisotopic (exact) mass is 389 g/mol. The maximum Gasteiger partial charge on any atom is 0.223 e. The molecule has 2 aromatic heterocycles. The fourth-order valence-corrected chi connectivity index (χ4v) is 2.27. The molecule has 0 saturated heterocycles. The van der Waals surface area contributed by atoms with Crippen LogP contribution in [0.1, 0.15) is 16.8 Å². The molecule has 5 nitrogen and oxygen atoms in total. The predicted octanol–water partition coefficient (Wildman–Crippen LogP) is 2.94. The van der Waals surface area contributed by atoms with Crippen LogP contribution >= 0.6 is 34.2 Å². The van der Waals surface area contributed by atoms with Gasteiger partial charge in [-0.05, 0) is 47.6 Å². The number of halogens is 2. The van der Waals surface area contributed by atoms with Crippen LogP contribution in [0.5, 0.6) is 0 Å². The third-order valence-electron chi connectivity index (χ3n) is 2.67. The Hall–Kier alpha value is -1.15. The van der Waals surface area contributed by atoms with Crippen LogP contribution in [0.2, 0.25) is 5.15 Å². The van der Waals surface area contributed by atoms with Gasteiger partial charge in [0.25, 0.3) is 0 Å². The van der Waals surface area contributed by atoms with Crippen molar-refractivity contribution in [2.75, 3.05) is 11.1 Å². The highest BCUT2D eigenvalue weighted by Crippen LogP contribution is 2.19. The maximum atomic E-state index is 5.82. The Morgan fingerprint density at radius 1 is 1.37 bits per heavy atom. The van der Waals surface area contributed by atoms with Crippen molar-refractivity contribution in [2.24, 2.45) is 0 Å². The zero-order chi connectivity index (χ0) is 14.0. The van der Waals surface area contributed by atoms with Crippen molar-refractivity contribution in [3.63, 3.8) is 0 Å². The van der Waals surface area contributed by atoms with Gasteiger partial charge in [0, 0.05) is 15.8 Å². The largest absolute Gasteiger partial charge is 0.368 e. The summed E-state index contributed by atoms with van der Waals surface area (Å²) in [6.07, 6.45) is 1.87. The molecule has 0 aliphatic carbocycles. The van der Waals surface area contributed by atoms with Crippen LogP contribution in [-0.2, 0) is 6.54 Å². The fraction of sp³-hybridized carbons (Fsp3) is 0.250. The first-order chi connectivity index (χ1) is 8.97. The van der Waals surface area contributed by atoms with Crippen molar-refractivity contribution >= 4 is 46.0 Å². The maximum absolute atomic E-state index is 5.82. The number of hydrogen-bond acceptors (Lipinski definition) is 5. The molecule has 2 aromatic rings. The van der Waals surface area contributed by atoms with Gasteiger partial charge in [-0.2, -0.15) is 4.98 Å². The lowest BCUT2D eigenvalue weighted by Gasteiger charge is -2.10. The summed E-state index contributed by atoms with van der Waals surface area (Å²) in [5, 5.41) is 3.47. The van der Waals surface area contributed by atoms with Gasteiger partial charge in [0.2, 0.25) is 5.95 Å². The van der Waals surface area contributed by atoms with Crippen LogP contribution < -0.4 is 11.1 Å². The molecule has 0 radical (unpaired) electrons. The number of anilines is 2. The topological polar surface area (TPSA) is 76.7 Å². The Balaban J connectivity index is 2.17. The molecule has 100 valence electrons. The van der Waals surface area contributed by atoms with Gasteiger partial charge in [-0.15, -0.1) is 0 Å². The molecular formula is C12H13ClIN5. The molecule has 19 heavy (non-hydrogen) atoms. The second-order valence-electron chi connectivity index (χ2n) is 4.11. The molecule has 0 atom stereocenters. The summed E-state index contributed by atoms with van der Waals surface area (Å²) in [6, 6.07) is 1.63. The molecule has 7 heteroatoms. The average Bonchev–Trinajstić information content (AvgIpc) is 2.34. The second-order valence-corrected chi connectivity index (χ2v) is 5.58. The number of nitrogens with one attached hydrogen (secondary N) is 1. The van der Waals surface area contributed by atoms with Gasteiger partial charge in [0.15, 0.2) is 0 Å². The van der Waals surface area contributed by atoms with E-state index < -0.39 is 0 Å². The highest BCUT2D eigenvalue weighted by atomic mass is 127. The van der Waals surface area contributed by atoms with Gasteiger partial charge in [-0.1, -0.05) is 11.6 Å². The number of aromatic nitrogens is 3. The summed E-state index contributed by atoms with van der Waals surface area (Å²) in [5.74, 6) is 0.743. The summed E-state index contributed by atoms with van der Waals surface area (Å²) < 4.78 is 1.23. The Bertz CT molecular complexity index is 597. The van der Waals surface area contributed by atoms with Crippen LogP contribution in [0.4, 0.5) is 11.8 Å². The zero-order valence-electron chi connectivity index (χ0n) is 10.5. The Morgan fingerprint density at radius 2 is 2.11 bits per heavy atom. The summed E-state index contributed by atoms with van der Waals surface area (Å²) in [5.41, 5.74) is 8.86. The SMILES string of the molecule is Cc1cnc(CNc2cc(Cl)nc(N)n2)c(C)c1I. The Morgan fingerprint density at radius 3 is 2.79 bits per heavy atom. The lowest BCUT2D eigenvalue weighted by atomic mass is 10.1. The number of hydrogen-bond donors (Lipinski definition) is 2. The summed E-state index contributed by atoms with van der Waals surface area (Å²) in [4.78, 5) is 12.3. The smallest absolute Gasteiger partial charge is 0.223 e. The van der Waals surface area contributed by atoms with Gasteiger partial charge < -0.3 is 11.1 Å². The minimum Gasteiger partial charge on any atom is -0.368 e. The van der Waals surface area contributed by atoms with Crippen molar-refractivity contribution in [1.82, 2.24) is 15.0 Å². The van der Waals surface area contributed by atoms with Crippen LogP contribution in [0.3, 0.4) is 0 Å². The molecule has 0 unspecified atom stereocenters. The third-order valence-corrected chi connectivity index (χ3v) is 4.52. The number of rotatable bonds is 3. The van der Waals surface area contributed by atoms with Crippen LogP contribution in [0.15, 0.2) is 12.3 Å². The van der Waals surface area contributed by atoms with E-state index in [0.717, 1.165) is 5.69 Å². The summed E-state index contributed by atoms with van der Waals surface area (Å²) in [7, 11) is 0. The highest BCUT2D eigenvalue weighted by molar-refractivity contribution is 14.1. The zero-order valence-corrected chi connectivity index (χ0v) is 13.5. The second kappa shape index (κ2) is 5.87. The number of nitrogens with two attached hydrogens (primary N) is 1. The van der Waals surface area contributed by atoms with Crippen LogP contribution in [0.25, 0.3) is 0 Å². The van der Waals surface area contributed by atoms with E-state index in [-0.39, 0.29) is 5.95 Å². The van der Waals surface area contributed by atoms with Gasteiger partial charge in [-0.25, -0.2) is 4.98 Å². The Kier molecular flexibility index (Phi) is 4.41. The van der Waals surface area contributed by atoms with Crippen LogP contribution in [0, 0.1) is 17.4 Å². The van der Waals surface area contributed by atoms with Gasteiger partial charge >= 0.3 is 0 Å². The van der Waals surface area contributed by atoms with E-state index in [4.69, 9.17) is 17.3 Å². The highest BCUT2D eigenvalue weighted by Gasteiger charge is 2.07. The van der Waals surface area contributed by atoms with Gasteiger partial charge in [-0.3, -0.25) is 4.98 Å². The quantitative estimate of drug-likeness (QED) is 0.623. The first-order valence-corrected chi connectivity index (χ1v) is 7.07. The Labute approximate surface area is 130 Å². The lowest BCUT2D eigenvalue weighted by Crippen LogP contribution is -2.08. The molecule has 0 saturated carbocycles. The molecule has 2 heterocycles. The fourth-order valence-electron chi connectivity index (χ4n) is 1.63. The molecule has 0 fully saturated rings.